The number of para-hydroxylation sites is 1. The SMILES string of the molecule is C[C@@H]1C[C@@H]1C(=O)OCc1nc(N)nc(Nc2ccccc2)n1. The first kappa shape index (κ1) is 14.2. The van der Waals surface area contributed by atoms with Crippen LogP contribution in [0.2, 0.25) is 0 Å². The van der Waals surface area contributed by atoms with Crippen LogP contribution < -0.4 is 11.1 Å². The van der Waals surface area contributed by atoms with Gasteiger partial charge in [-0.15, -0.1) is 0 Å². The minimum atomic E-state index is -0.205. The van der Waals surface area contributed by atoms with E-state index in [4.69, 9.17) is 10.5 Å². The van der Waals surface area contributed by atoms with Crippen molar-refractivity contribution < 1.29 is 9.53 Å². The molecule has 2 atom stereocenters. The van der Waals surface area contributed by atoms with Crippen LogP contribution in [-0.2, 0) is 16.1 Å². The maximum absolute atomic E-state index is 11.7. The number of aromatic nitrogens is 3. The van der Waals surface area contributed by atoms with E-state index in [1.165, 1.54) is 0 Å². The van der Waals surface area contributed by atoms with Gasteiger partial charge in [0.05, 0.1) is 5.92 Å². The summed E-state index contributed by atoms with van der Waals surface area (Å²) in [7, 11) is 0. The molecular weight excluding hydrogens is 282 g/mol. The molecule has 22 heavy (non-hydrogen) atoms. The standard InChI is InChI=1S/C15H17N5O2/c1-9-7-11(9)13(21)22-8-12-18-14(16)20-15(19-12)17-10-5-3-2-4-6-10/h2-6,9,11H,7-8H2,1H3,(H3,16,17,18,19,20)/t9-,11+/m1/s1. The third-order valence-corrected chi connectivity index (χ3v) is 3.48. The van der Waals surface area contributed by atoms with Crippen molar-refractivity contribution >= 4 is 23.6 Å². The predicted molar refractivity (Wildman–Crippen MR) is 81.0 cm³/mol. The molecule has 0 radical (unpaired) electrons. The van der Waals surface area contributed by atoms with E-state index in [9.17, 15) is 4.79 Å². The Hall–Kier alpha value is -2.70. The number of hydrogen-bond donors (Lipinski definition) is 2. The Morgan fingerprint density at radius 3 is 2.73 bits per heavy atom. The molecule has 1 aromatic heterocycles. The first-order chi connectivity index (χ1) is 10.6. The van der Waals surface area contributed by atoms with E-state index in [0.29, 0.717) is 17.7 Å². The van der Waals surface area contributed by atoms with Crippen molar-refractivity contribution in [2.24, 2.45) is 11.8 Å². The van der Waals surface area contributed by atoms with E-state index < -0.39 is 0 Å². The maximum atomic E-state index is 11.7. The summed E-state index contributed by atoms with van der Waals surface area (Å²) in [5.74, 6) is 0.952. The van der Waals surface area contributed by atoms with Gasteiger partial charge in [-0.05, 0) is 24.5 Å². The highest BCUT2D eigenvalue weighted by Gasteiger charge is 2.40. The van der Waals surface area contributed by atoms with Gasteiger partial charge in [-0.3, -0.25) is 4.79 Å². The predicted octanol–water partition coefficient (Wildman–Crippen LogP) is 1.90. The number of rotatable bonds is 5. The summed E-state index contributed by atoms with van der Waals surface area (Å²) in [6.07, 6.45) is 0.888. The Kier molecular flexibility index (Phi) is 3.86. The van der Waals surface area contributed by atoms with Crippen molar-refractivity contribution in [1.29, 1.82) is 0 Å². The molecule has 1 fully saturated rings. The average Bonchev–Trinajstić information content (AvgIpc) is 3.22. The number of nitrogens with one attached hydrogen (secondary N) is 1. The number of nitrogen functional groups attached to an aromatic ring is 1. The van der Waals surface area contributed by atoms with Crippen LogP contribution in [0.4, 0.5) is 17.6 Å². The van der Waals surface area contributed by atoms with Crippen molar-refractivity contribution in [1.82, 2.24) is 15.0 Å². The third-order valence-electron chi connectivity index (χ3n) is 3.48. The number of esters is 1. The molecule has 0 amide bonds. The first-order valence-electron chi connectivity index (χ1n) is 7.11. The van der Waals surface area contributed by atoms with Crippen LogP contribution in [0, 0.1) is 11.8 Å². The van der Waals surface area contributed by atoms with Gasteiger partial charge in [-0.25, -0.2) is 0 Å². The van der Waals surface area contributed by atoms with Crippen molar-refractivity contribution in [2.45, 2.75) is 20.0 Å². The van der Waals surface area contributed by atoms with Gasteiger partial charge in [0.25, 0.3) is 0 Å². The zero-order chi connectivity index (χ0) is 15.5. The average molecular weight is 299 g/mol. The molecule has 1 saturated carbocycles. The smallest absolute Gasteiger partial charge is 0.309 e. The second kappa shape index (κ2) is 5.97. The lowest BCUT2D eigenvalue weighted by Crippen LogP contribution is -2.12. The molecule has 1 aliphatic rings. The number of nitrogens with zero attached hydrogens (tertiary/aromatic N) is 3. The fourth-order valence-corrected chi connectivity index (χ4v) is 2.10. The highest BCUT2D eigenvalue weighted by Crippen LogP contribution is 2.38. The minimum absolute atomic E-state index is 0.00174. The normalized spacial score (nSPS) is 19.5. The van der Waals surface area contributed by atoms with Crippen LogP contribution in [0.3, 0.4) is 0 Å². The van der Waals surface area contributed by atoms with Gasteiger partial charge in [0, 0.05) is 5.69 Å². The number of benzene rings is 1. The van der Waals surface area contributed by atoms with Crippen LogP contribution in [0.1, 0.15) is 19.2 Å². The lowest BCUT2D eigenvalue weighted by Gasteiger charge is -2.07. The van der Waals surface area contributed by atoms with E-state index in [0.717, 1.165) is 12.1 Å². The molecule has 1 aromatic carbocycles. The molecule has 2 aromatic rings. The van der Waals surface area contributed by atoms with Crippen molar-refractivity contribution in [3.05, 3.63) is 36.2 Å². The van der Waals surface area contributed by atoms with E-state index in [1.807, 2.05) is 37.3 Å². The van der Waals surface area contributed by atoms with Gasteiger partial charge in [-0.1, -0.05) is 25.1 Å². The first-order valence-corrected chi connectivity index (χ1v) is 7.11. The largest absolute Gasteiger partial charge is 0.457 e. The summed E-state index contributed by atoms with van der Waals surface area (Å²) in [4.78, 5) is 23.9. The molecular formula is C15H17N5O2. The molecule has 7 nitrogen and oxygen atoms in total. The Labute approximate surface area is 127 Å². The molecule has 0 saturated heterocycles. The maximum Gasteiger partial charge on any atom is 0.309 e. The second-order valence-corrected chi connectivity index (χ2v) is 5.35. The highest BCUT2D eigenvalue weighted by molar-refractivity contribution is 5.75. The number of nitrogens with two attached hydrogens (primary N) is 1. The van der Waals surface area contributed by atoms with Crippen LogP contribution in [0.15, 0.2) is 30.3 Å². The molecule has 1 heterocycles. The van der Waals surface area contributed by atoms with E-state index in [-0.39, 0.29) is 24.4 Å². The van der Waals surface area contributed by atoms with Crippen LogP contribution >= 0.6 is 0 Å². The lowest BCUT2D eigenvalue weighted by molar-refractivity contribution is -0.147. The summed E-state index contributed by atoms with van der Waals surface area (Å²) in [6, 6.07) is 9.47. The summed E-state index contributed by atoms with van der Waals surface area (Å²) in [5.41, 5.74) is 6.51. The summed E-state index contributed by atoms with van der Waals surface area (Å²) in [5, 5.41) is 3.03. The van der Waals surface area contributed by atoms with Gasteiger partial charge in [0.1, 0.15) is 0 Å². The number of ether oxygens (including phenoxy) is 1. The van der Waals surface area contributed by atoms with E-state index >= 15 is 0 Å². The fraction of sp³-hybridized carbons (Fsp3) is 0.333. The molecule has 0 spiro atoms. The van der Waals surface area contributed by atoms with Gasteiger partial charge >= 0.3 is 5.97 Å². The van der Waals surface area contributed by atoms with Crippen LogP contribution in [0.5, 0.6) is 0 Å². The molecule has 0 unspecified atom stereocenters. The zero-order valence-electron chi connectivity index (χ0n) is 12.2. The van der Waals surface area contributed by atoms with E-state index in [2.05, 4.69) is 20.3 Å². The quantitative estimate of drug-likeness (QED) is 0.812. The highest BCUT2D eigenvalue weighted by atomic mass is 16.5. The zero-order valence-corrected chi connectivity index (χ0v) is 12.2. The molecule has 1 aliphatic carbocycles. The summed E-state index contributed by atoms with van der Waals surface area (Å²) >= 11 is 0. The molecule has 7 heteroatoms. The fourth-order valence-electron chi connectivity index (χ4n) is 2.10. The second-order valence-electron chi connectivity index (χ2n) is 5.35. The topological polar surface area (TPSA) is 103 Å². The number of anilines is 3. The van der Waals surface area contributed by atoms with Crippen molar-refractivity contribution in [3.63, 3.8) is 0 Å². The van der Waals surface area contributed by atoms with Gasteiger partial charge in [-0.2, -0.15) is 15.0 Å². The number of hydrogen-bond acceptors (Lipinski definition) is 7. The number of carbonyl (C=O) groups is 1. The van der Waals surface area contributed by atoms with Gasteiger partial charge < -0.3 is 15.8 Å². The molecule has 114 valence electrons. The van der Waals surface area contributed by atoms with Crippen LogP contribution in [-0.4, -0.2) is 20.9 Å². The number of carbonyl (C=O) groups excluding carboxylic acids is 1. The summed E-state index contributed by atoms with van der Waals surface area (Å²) < 4.78 is 5.21. The molecule has 0 bridgehead atoms. The molecule has 0 aliphatic heterocycles. The Balaban J connectivity index is 1.66. The molecule has 3 rings (SSSR count). The monoisotopic (exact) mass is 299 g/mol. The molecule has 3 N–H and O–H groups in total. The Morgan fingerprint density at radius 1 is 1.32 bits per heavy atom. The summed E-state index contributed by atoms with van der Waals surface area (Å²) in [6.45, 7) is 2.02. The van der Waals surface area contributed by atoms with Crippen molar-refractivity contribution in [2.75, 3.05) is 11.1 Å². The Morgan fingerprint density at radius 2 is 2.05 bits per heavy atom. The van der Waals surface area contributed by atoms with Gasteiger partial charge in [0.2, 0.25) is 11.9 Å². The van der Waals surface area contributed by atoms with Gasteiger partial charge in [0.15, 0.2) is 12.4 Å². The third kappa shape index (κ3) is 3.49. The van der Waals surface area contributed by atoms with Crippen molar-refractivity contribution in [3.8, 4) is 0 Å². The van der Waals surface area contributed by atoms with E-state index in [1.54, 1.807) is 0 Å². The Bertz CT molecular complexity index is 677. The van der Waals surface area contributed by atoms with Crippen LogP contribution in [0.25, 0.3) is 0 Å². The lowest BCUT2D eigenvalue weighted by atomic mass is 10.3. The minimum Gasteiger partial charge on any atom is -0.457 e.